The molecule has 0 aromatic carbocycles. The minimum absolute atomic E-state index is 0.115. The molecule has 1 atom stereocenters. The smallest absolute Gasteiger partial charge is 0.298 e. The molecule has 0 aromatic rings. The van der Waals surface area contributed by atoms with E-state index in [2.05, 4.69) is 5.32 Å². The van der Waals surface area contributed by atoms with Gasteiger partial charge in [-0.15, -0.1) is 0 Å². The molecule has 1 fully saturated rings. The summed E-state index contributed by atoms with van der Waals surface area (Å²) in [5.41, 5.74) is 0. The standard InChI is InChI=1S/C11H18F3N3/c1-8(2)17(7-11(12,13)14)6-10(5-15)16-9-3-4-9/h8-10,16H,3-4,6-7H2,1-2H3. The first-order valence-electron chi connectivity index (χ1n) is 5.78. The minimum Gasteiger partial charge on any atom is -0.298 e. The second kappa shape index (κ2) is 5.69. The van der Waals surface area contributed by atoms with Crippen molar-refractivity contribution in [2.45, 2.75) is 51.0 Å². The fourth-order valence-corrected chi connectivity index (χ4v) is 1.59. The quantitative estimate of drug-likeness (QED) is 0.781. The highest BCUT2D eigenvalue weighted by Gasteiger charge is 2.33. The van der Waals surface area contributed by atoms with E-state index in [0.29, 0.717) is 6.04 Å². The van der Waals surface area contributed by atoms with Crippen molar-refractivity contribution in [2.75, 3.05) is 13.1 Å². The maximum absolute atomic E-state index is 12.4. The first-order chi connectivity index (χ1) is 7.81. The summed E-state index contributed by atoms with van der Waals surface area (Å²) in [5.74, 6) is 0. The van der Waals surface area contributed by atoms with E-state index in [9.17, 15) is 13.2 Å². The molecule has 1 rings (SSSR count). The Morgan fingerprint density at radius 1 is 1.41 bits per heavy atom. The fraction of sp³-hybridized carbons (Fsp3) is 0.909. The Kier molecular flexibility index (Phi) is 4.78. The zero-order valence-electron chi connectivity index (χ0n) is 10.1. The largest absolute Gasteiger partial charge is 0.401 e. The summed E-state index contributed by atoms with van der Waals surface area (Å²) in [6, 6.07) is 1.59. The summed E-state index contributed by atoms with van der Waals surface area (Å²) in [5, 5.41) is 12.0. The normalized spacial score (nSPS) is 18.5. The Balaban J connectivity index is 2.48. The van der Waals surface area contributed by atoms with Crippen LogP contribution in [0.5, 0.6) is 0 Å². The van der Waals surface area contributed by atoms with Crippen molar-refractivity contribution < 1.29 is 13.2 Å². The van der Waals surface area contributed by atoms with Crippen molar-refractivity contribution >= 4 is 0 Å². The molecular formula is C11H18F3N3. The molecule has 6 heteroatoms. The van der Waals surface area contributed by atoms with E-state index in [0.717, 1.165) is 12.8 Å². The number of rotatable bonds is 6. The summed E-state index contributed by atoms with van der Waals surface area (Å²) < 4.78 is 37.1. The summed E-state index contributed by atoms with van der Waals surface area (Å²) >= 11 is 0. The zero-order chi connectivity index (χ0) is 13.1. The van der Waals surface area contributed by atoms with Gasteiger partial charge in [0.05, 0.1) is 12.6 Å². The molecule has 0 spiro atoms. The van der Waals surface area contributed by atoms with Crippen LogP contribution in [0.1, 0.15) is 26.7 Å². The predicted molar refractivity (Wildman–Crippen MR) is 58.3 cm³/mol. The molecule has 1 saturated carbocycles. The highest BCUT2D eigenvalue weighted by molar-refractivity contribution is 4.97. The van der Waals surface area contributed by atoms with E-state index < -0.39 is 18.8 Å². The van der Waals surface area contributed by atoms with Gasteiger partial charge in [-0.2, -0.15) is 18.4 Å². The van der Waals surface area contributed by atoms with Gasteiger partial charge in [0.25, 0.3) is 0 Å². The zero-order valence-corrected chi connectivity index (χ0v) is 10.1. The molecule has 0 aromatic heterocycles. The highest BCUT2D eigenvalue weighted by atomic mass is 19.4. The third-order valence-corrected chi connectivity index (χ3v) is 2.70. The van der Waals surface area contributed by atoms with Crippen LogP contribution in [0.4, 0.5) is 13.2 Å². The average molecular weight is 249 g/mol. The number of hydrogen-bond donors (Lipinski definition) is 1. The molecule has 0 bridgehead atoms. The number of alkyl halides is 3. The molecule has 0 saturated heterocycles. The summed E-state index contributed by atoms with van der Waals surface area (Å²) in [6.07, 6.45) is -2.19. The minimum atomic E-state index is -4.22. The fourth-order valence-electron chi connectivity index (χ4n) is 1.59. The molecule has 0 radical (unpaired) electrons. The Morgan fingerprint density at radius 2 is 2.00 bits per heavy atom. The van der Waals surface area contributed by atoms with Crippen LogP contribution in [0.15, 0.2) is 0 Å². The number of nitrogens with one attached hydrogen (secondary N) is 1. The first-order valence-corrected chi connectivity index (χ1v) is 5.78. The van der Waals surface area contributed by atoms with Crippen LogP contribution >= 0.6 is 0 Å². The van der Waals surface area contributed by atoms with E-state index in [1.54, 1.807) is 13.8 Å². The molecule has 1 aliphatic carbocycles. The van der Waals surface area contributed by atoms with Crippen LogP contribution < -0.4 is 5.32 Å². The SMILES string of the molecule is CC(C)N(CC(C#N)NC1CC1)CC(F)(F)F. The molecule has 0 aliphatic heterocycles. The Morgan fingerprint density at radius 3 is 2.35 bits per heavy atom. The maximum Gasteiger partial charge on any atom is 0.401 e. The molecule has 0 heterocycles. The summed E-state index contributed by atoms with van der Waals surface area (Å²) in [4.78, 5) is 1.28. The van der Waals surface area contributed by atoms with Gasteiger partial charge in [-0.05, 0) is 26.7 Å². The molecule has 98 valence electrons. The van der Waals surface area contributed by atoms with Gasteiger partial charge in [0, 0.05) is 18.6 Å². The van der Waals surface area contributed by atoms with Gasteiger partial charge in [-0.1, -0.05) is 0 Å². The topological polar surface area (TPSA) is 39.1 Å². The maximum atomic E-state index is 12.4. The Labute approximate surface area is 99.6 Å². The second-order valence-electron chi connectivity index (χ2n) is 4.76. The Hall–Kier alpha value is -0.800. The monoisotopic (exact) mass is 249 g/mol. The van der Waals surface area contributed by atoms with Gasteiger partial charge in [-0.25, -0.2) is 0 Å². The van der Waals surface area contributed by atoms with Gasteiger partial charge >= 0.3 is 6.18 Å². The summed E-state index contributed by atoms with van der Waals surface area (Å²) in [6.45, 7) is 2.56. The van der Waals surface area contributed by atoms with Crippen LogP contribution in [0, 0.1) is 11.3 Å². The summed E-state index contributed by atoms with van der Waals surface area (Å²) in [7, 11) is 0. The lowest BCUT2D eigenvalue weighted by atomic mass is 10.2. The van der Waals surface area contributed by atoms with Gasteiger partial charge < -0.3 is 0 Å². The van der Waals surface area contributed by atoms with E-state index in [-0.39, 0.29) is 12.6 Å². The number of nitrogens with zero attached hydrogens (tertiary/aromatic N) is 2. The molecular weight excluding hydrogens is 231 g/mol. The van der Waals surface area contributed by atoms with Crippen molar-refractivity contribution in [2.24, 2.45) is 0 Å². The van der Waals surface area contributed by atoms with Crippen LogP contribution in [-0.4, -0.2) is 42.3 Å². The number of hydrogen-bond acceptors (Lipinski definition) is 3. The van der Waals surface area contributed by atoms with E-state index in [1.807, 2.05) is 6.07 Å². The van der Waals surface area contributed by atoms with Gasteiger partial charge in [0.15, 0.2) is 0 Å². The predicted octanol–water partition coefficient (Wildman–Crippen LogP) is 1.90. The first kappa shape index (κ1) is 14.3. The lowest BCUT2D eigenvalue weighted by Gasteiger charge is -2.29. The van der Waals surface area contributed by atoms with E-state index in [1.165, 1.54) is 4.90 Å². The van der Waals surface area contributed by atoms with Crippen molar-refractivity contribution in [3.8, 4) is 6.07 Å². The third-order valence-electron chi connectivity index (χ3n) is 2.70. The average Bonchev–Trinajstić information content (AvgIpc) is 2.97. The molecule has 1 N–H and O–H groups in total. The van der Waals surface area contributed by atoms with Gasteiger partial charge in [0.1, 0.15) is 6.04 Å². The number of halogens is 3. The third kappa shape index (κ3) is 5.89. The molecule has 1 unspecified atom stereocenters. The van der Waals surface area contributed by atoms with Gasteiger partial charge in [-0.3, -0.25) is 10.2 Å². The van der Waals surface area contributed by atoms with Crippen molar-refractivity contribution in [3.05, 3.63) is 0 Å². The lowest BCUT2D eigenvalue weighted by molar-refractivity contribution is -0.149. The lowest BCUT2D eigenvalue weighted by Crippen LogP contribution is -2.47. The molecule has 0 amide bonds. The second-order valence-corrected chi connectivity index (χ2v) is 4.76. The molecule has 3 nitrogen and oxygen atoms in total. The van der Waals surface area contributed by atoms with Crippen LogP contribution in [0.25, 0.3) is 0 Å². The van der Waals surface area contributed by atoms with Crippen LogP contribution in [0.2, 0.25) is 0 Å². The van der Waals surface area contributed by atoms with Crippen molar-refractivity contribution in [1.82, 2.24) is 10.2 Å². The molecule has 17 heavy (non-hydrogen) atoms. The van der Waals surface area contributed by atoms with Crippen LogP contribution in [0.3, 0.4) is 0 Å². The van der Waals surface area contributed by atoms with Crippen molar-refractivity contribution in [3.63, 3.8) is 0 Å². The highest BCUT2D eigenvalue weighted by Crippen LogP contribution is 2.21. The van der Waals surface area contributed by atoms with Gasteiger partial charge in [0.2, 0.25) is 0 Å². The van der Waals surface area contributed by atoms with Crippen molar-refractivity contribution in [1.29, 1.82) is 5.26 Å². The Bertz CT molecular complexity index is 279. The van der Waals surface area contributed by atoms with E-state index in [4.69, 9.17) is 5.26 Å². The molecule has 1 aliphatic rings. The van der Waals surface area contributed by atoms with E-state index >= 15 is 0 Å². The number of nitriles is 1. The van der Waals surface area contributed by atoms with Crippen LogP contribution in [-0.2, 0) is 0 Å².